The first-order chi connectivity index (χ1) is 5.95. The molecule has 0 aliphatic carbocycles. The molecule has 0 bridgehead atoms. The Bertz CT molecular complexity index is 151. The summed E-state index contributed by atoms with van der Waals surface area (Å²) in [6, 6.07) is 0. The first-order valence-electron chi connectivity index (χ1n) is 4.52. The molecule has 0 aliphatic heterocycles. The number of ether oxygens (including phenoxy) is 1. The molecule has 0 amide bonds. The summed E-state index contributed by atoms with van der Waals surface area (Å²) in [7, 11) is 0. The Morgan fingerprint density at radius 2 is 2.00 bits per heavy atom. The summed E-state index contributed by atoms with van der Waals surface area (Å²) < 4.78 is 5.08. The molecule has 0 aliphatic rings. The lowest BCUT2D eigenvalue weighted by molar-refractivity contribution is -0.155. The second kappa shape index (κ2) is 5.94. The quantitative estimate of drug-likeness (QED) is 0.402. The molecule has 0 fully saturated rings. The van der Waals surface area contributed by atoms with Crippen molar-refractivity contribution in [3.05, 3.63) is 0 Å². The predicted molar refractivity (Wildman–Crippen MR) is 50.1 cm³/mol. The lowest BCUT2D eigenvalue weighted by Gasteiger charge is -2.19. The van der Waals surface area contributed by atoms with Crippen LogP contribution in [0.1, 0.15) is 34.1 Å². The van der Waals surface area contributed by atoms with Crippen molar-refractivity contribution in [1.29, 1.82) is 0 Å². The Morgan fingerprint density at radius 1 is 1.38 bits per heavy atom. The molecule has 0 aromatic carbocycles. The van der Waals surface area contributed by atoms with Crippen LogP contribution >= 0.6 is 0 Å². The Hall–Kier alpha value is -0.610. The summed E-state index contributed by atoms with van der Waals surface area (Å²) in [5.41, 5.74) is 2.25. The fourth-order valence-electron chi connectivity index (χ4n) is 0.720. The normalized spacial score (nSPS) is 11.4. The van der Waals surface area contributed by atoms with Crippen molar-refractivity contribution in [3.63, 3.8) is 0 Å². The van der Waals surface area contributed by atoms with Gasteiger partial charge in [0.15, 0.2) is 0 Å². The van der Waals surface area contributed by atoms with Crippen LogP contribution in [0.2, 0.25) is 0 Å². The number of rotatable bonds is 5. The van der Waals surface area contributed by atoms with Crippen molar-refractivity contribution in [1.82, 2.24) is 5.48 Å². The van der Waals surface area contributed by atoms with Crippen LogP contribution in [-0.2, 0) is 14.4 Å². The van der Waals surface area contributed by atoms with E-state index in [1.807, 2.05) is 27.7 Å². The number of nitrogens with one attached hydrogen (secondary N) is 1. The molecule has 0 heterocycles. The van der Waals surface area contributed by atoms with Gasteiger partial charge in [-0.2, -0.15) is 0 Å². The maximum absolute atomic E-state index is 11.1. The highest BCUT2D eigenvalue weighted by Gasteiger charge is 2.15. The average Bonchev–Trinajstić information content (AvgIpc) is 1.94. The van der Waals surface area contributed by atoms with E-state index >= 15 is 0 Å². The summed E-state index contributed by atoms with van der Waals surface area (Å²) in [4.78, 5) is 16.0. The highest BCUT2D eigenvalue weighted by atomic mass is 16.6. The van der Waals surface area contributed by atoms with Crippen molar-refractivity contribution in [2.45, 2.75) is 39.7 Å². The van der Waals surface area contributed by atoms with Gasteiger partial charge in [-0.05, 0) is 27.7 Å². The molecule has 0 aromatic rings. The van der Waals surface area contributed by atoms with E-state index in [1.165, 1.54) is 0 Å². The number of carbonyl (C=O) groups is 1. The summed E-state index contributed by atoms with van der Waals surface area (Å²) >= 11 is 0. The van der Waals surface area contributed by atoms with Gasteiger partial charge in [-0.3, -0.25) is 4.79 Å². The second-order valence-electron chi connectivity index (χ2n) is 3.66. The summed E-state index contributed by atoms with van der Waals surface area (Å²) in [5, 5.41) is 0. The van der Waals surface area contributed by atoms with Gasteiger partial charge < -0.3 is 9.57 Å². The standard InChI is InChI=1S/C9H19NO3/c1-5-12-10-7-6-8(11)13-9(2,3)4/h10H,5-7H2,1-4H3. The number of esters is 1. The summed E-state index contributed by atoms with van der Waals surface area (Å²) in [6.07, 6.45) is 0.331. The largest absolute Gasteiger partial charge is 0.460 e. The third-order valence-electron chi connectivity index (χ3n) is 1.10. The third kappa shape index (κ3) is 9.30. The van der Waals surface area contributed by atoms with Crippen LogP contribution in [0.3, 0.4) is 0 Å². The number of hydrogen-bond acceptors (Lipinski definition) is 4. The van der Waals surface area contributed by atoms with Gasteiger partial charge in [-0.25, -0.2) is 5.48 Å². The maximum atomic E-state index is 11.1. The fourth-order valence-corrected chi connectivity index (χ4v) is 0.720. The minimum Gasteiger partial charge on any atom is -0.460 e. The number of hydrogen-bond donors (Lipinski definition) is 1. The lowest BCUT2D eigenvalue weighted by atomic mass is 10.2. The van der Waals surface area contributed by atoms with E-state index in [-0.39, 0.29) is 5.97 Å². The molecule has 0 unspecified atom stereocenters. The Morgan fingerprint density at radius 3 is 2.46 bits per heavy atom. The van der Waals surface area contributed by atoms with Gasteiger partial charge in [0, 0.05) is 6.54 Å². The minimum absolute atomic E-state index is 0.209. The highest BCUT2D eigenvalue weighted by Crippen LogP contribution is 2.07. The molecule has 0 radical (unpaired) electrons. The molecule has 0 saturated carbocycles. The number of carbonyl (C=O) groups excluding carboxylic acids is 1. The van der Waals surface area contributed by atoms with Gasteiger partial charge in [0.1, 0.15) is 5.60 Å². The van der Waals surface area contributed by atoms with Crippen LogP contribution in [0.4, 0.5) is 0 Å². The van der Waals surface area contributed by atoms with Gasteiger partial charge in [0.25, 0.3) is 0 Å². The average molecular weight is 189 g/mol. The lowest BCUT2D eigenvalue weighted by Crippen LogP contribution is -2.26. The molecule has 0 saturated heterocycles. The predicted octanol–water partition coefficient (Wildman–Crippen LogP) is 1.26. The molecule has 4 heteroatoms. The molecule has 0 atom stereocenters. The number of hydroxylamine groups is 1. The van der Waals surface area contributed by atoms with Crippen LogP contribution in [0.25, 0.3) is 0 Å². The van der Waals surface area contributed by atoms with Crippen LogP contribution < -0.4 is 5.48 Å². The molecular formula is C9H19NO3. The fraction of sp³-hybridized carbons (Fsp3) is 0.889. The van der Waals surface area contributed by atoms with Gasteiger partial charge in [-0.15, -0.1) is 0 Å². The van der Waals surface area contributed by atoms with E-state index in [1.54, 1.807) is 0 Å². The monoisotopic (exact) mass is 189 g/mol. The second-order valence-corrected chi connectivity index (χ2v) is 3.66. The zero-order valence-electron chi connectivity index (χ0n) is 8.85. The molecule has 0 rings (SSSR count). The molecule has 1 N–H and O–H groups in total. The summed E-state index contributed by atoms with van der Waals surface area (Å²) in [5.74, 6) is -0.209. The van der Waals surface area contributed by atoms with E-state index in [0.717, 1.165) is 0 Å². The molecule has 0 aromatic heterocycles. The van der Waals surface area contributed by atoms with Crippen molar-refractivity contribution in [3.8, 4) is 0 Å². The van der Waals surface area contributed by atoms with Crippen molar-refractivity contribution >= 4 is 5.97 Å². The zero-order valence-corrected chi connectivity index (χ0v) is 8.85. The van der Waals surface area contributed by atoms with Gasteiger partial charge in [-0.1, -0.05) is 0 Å². The van der Waals surface area contributed by atoms with E-state index in [4.69, 9.17) is 9.57 Å². The maximum Gasteiger partial charge on any atom is 0.307 e. The SMILES string of the molecule is CCONCCC(=O)OC(C)(C)C. The highest BCUT2D eigenvalue weighted by molar-refractivity contribution is 5.70. The molecular weight excluding hydrogens is 170 g/mol. The molecule has 13 heavy (non-hydrogen) atoms. The van der Waals surface area contributed by atoms with E-state index < -0.39 is 5.60 Å². The molecule has 4 nitrogen and oxygen atoms in total. The first-order valence-corrected chi connectivity index (χ1v) is 4.52. The minimum atomic E-state index is -0.400. The van der Waals surface area contributed by atoms with Crippen LogP contribution in [-0.4, -0.2) is 24.7 Å². The Balaban J connectivity index is 3.41. The van der Waals surface area contributed by atoms with Crippen molar-refractivity contribution < 1.29 is 14.4 Å². The Labute approximate surface area is 79.6 Å². The Kier molecular flexibility index (Phi) is 5.66. The topological polar surface area (TPSA) is 47.6 Å². The van der Waals surface area contributed by atoms with Crippen molar-refractivity contribution in [2.75, 3.05) is 13.2 Å². The van der Waals surface area contributed by atoms with Gasteiger partial charge in [0.05, 0.1) is 13.0 Å². The van der Waals surface area contributed by atoms with Gasteiger partial charge >= 0.3 is 5.97 Å². The summed E-state index contributed by atoms with van der Waals surface area (Å²) in [6.45, 7) is 8.50. The van der Waals surface area contributed by atoms with Gasteiger partial charge in [0.2, 0.25) is 0 Å². The van der Waals surface area contributed by atoms with E-state index in [2.05, 4.69) is 5.48 Å². The molecule has 0 spiro atoms. The third-order valence-corrected chi connectivity index (χ3v) is 1.10. The van der Waals surface area contributed by atoms with E-state index in [9.17, 15) is 4.79 Å². The zero-order chi connectivity index (χ0) is 10.3. The van der Waals surface area contributed by atoms with Crippen molar-refractivity contribution in [2.24, 2.45) is 0 Å². The van der Waals surface area contributed by atoms with Crippen LogP contribution in [0.15, 0.2) is 0 Å². The molecule has 78 valence electrons. The van der Waals surface area contributed by atoms with Crippen LogP contribution in [0, 0.1) is 0 Å². The first kappa shape index (κ1) is 12.4. The smallest absolute Gasteiger partial charge is 0.307 e. The van der Waals surface area contributed by atoms with E-state index in [0.29, 0.717) is 19.6 Å². The van der Waals surface area contributed by atoms with Crippen LogP contribution in [0.5, 0.6) is 0 Å².